The van der Waals surface area contributed by atoms with Crippen molar-refractivity contribution in [3.05, 3.63) is 34.3 Å². The van der Waals surface area contributed by atoms with Crippen LogP contribution in [-0.2, 0) is 16.0 Å². The quantitative estimate of drug-likeness (QED) is 0.717. The average molecular weight is 328 g/mol. The Hall–Kier alpha value is -1.40. The fraction of sp³-hybridized carbons (Fsp3) is 0.385. The van der Waals surface area contributed by atoms with Crippen molar-refractivity contribution in [2.24, 2.45) is 11.5 Å². The zero-order valence-electron chi connectivity index (χ0n) is 10.7. The second kappa shape index (κ2) is 7.25. The van der Waals surface area contributed by atoms with Crippen molar-refractivity contribution in [3.63, 3.8) is 0 Å². The minimum Gasteiger partial charge on any atom is -0.370 e. The molecule has 0 aliphatic heterocycles. The number of nitrogens with two attached hydrogens (primary N) is 2. The molecule has 5 N–H and O–H groups in total. The Labute approximate surface area is 120 Å². The van der Waals surface area contributed by atoms with Gasteiger partial charge in [0.05, 0.1) is 12.5 Å². The first-order chi connectivity index (χ1) is 8.88. The van der Waals surface area contributed by atoms with E-state index in [-0.39, 0.29) is 18.4 Å². The fourth-order valence-electron chi connectivity index (χ4n) is 1.68. The summed E-state index contributed by atoms with van der Waals surface area (Å²) in [7, 11) is 0. The van der Waals surface area contributed by atoms with Gasteiger partial charge in [-0.1, -0.05) is 28.1 Å². The van der Waals surface area contributed by atoms with Gasteiger partial charge in [0.2, 0.25) is 11.8 Å². The maximum atomic E-state index is 11.7. The Kier molecular flexibility index (Phi) is 5.98. The maximum Gasteiger partial charge on any atom is 0.237 e. The van der Waals surface area contributed by atoms with Crippen molar-refractivity contribution in [1.82, 2.24) is 5.32 Å². The van der Waals surface area contributed by atoms with Gasteiger partial charge in [-0.05, 0) is 31.0 Å². The molecule has 0 saturated heterocycles. The highest BCUT2D eigenvalue weighted by molar-refractivity contribution is 9.10. The molecule has 0 aliphatic rings. The zero-order chi connectivity index (χ0) is 14.4. The number of benzene rings is 1. The van der Waals surface area contributed by atoms with Crippen molar-refractivity contribution in [2.45, 2.75) is 31.8 Å². The third kappa shape index (κ3) is 5.85. The van der Waals surface area contributed by atoms with Crippen molar-refractivity contribution < 1.29 is 9.59 Å². The highest BCUT2D eigenvalue weighted by Crippen LogP contribution is 2.11. The molecule has 1 aromatic rings. The van der Waals surface area contributed by atoms with Gasteiger partial charge in [-0.2, -0.15) is 0 Å². The maximum absolute atomic E-state index is 11.7. The van der Waals surface area contributed by atoms with Crippen LogP contribution in [0.15, 0.2) is 28.7 Å². The summed E-state index contributed by atoms with van der Waals surface area (Å²) in [4.78, 5) is 22.4. The smallest absolute Gasteiger partial charge is 0.237 e. The lowest BCUT2D eigenvalue weighted by Crippen LogP contribution is -2.46. The molecule has 0 fully saturated rings. The van der Waals surface area contributed by atoms with Crippen LogP contribution >= 0.6 is 15.9 Å². The molecule has 0 heterocycles. The molecule has 0 radical (unpaired) electrons. The largest absolute Gasteiger partial charge is 0.370 e. The summed E-state index contributed by atoms with van der Waals surface area (Å²) < 4.78 is 1.01. The Bertz CT molecular complexity index is 448. The number of carbonyl (C=O) groups excluding carboxylic acids is 2. The number of halogens is 1. The number of rotatable bonds is 6. The molecule has 104 valence electrons. The van der Waals surface area contributed by atoms with Crippen LogP contribution in [0, 0.1) is 0 Å². The lowest BCUT2D eigenvalue weighted by atomic mass is 10.1. The van der Waals surface area contributed by atoms with Crippen molar-refractivity contribution in [2.75, 3.05) is 0 Å². The summed E-state index contributed by atoms with van der Waals surface area (Å²) in [5.74, 6) is -0.938. The number of nitrogens with one attached hydrogen (secondary N) is 1. The van der Waals surface area contributed by atoms with Crippen LogP contribution in [0.1, 0.15) is 18.9 Å². The van der Waals surface area contributed by atoms with E-state index in [2.05, 4.69) is 21.2 Å². The standard InChI is InChI=1S/C13H18BrN3O2/c1-8(6-9-2-4-10(14)5-3-9)17-13(19)11(15)7-12(16)18/h2-5,8,11H,6-7,15H2,1H3,(H2,16,18)(H,17,19). The SMILES string of the molecule is CC(Cc1ccc(Br)cc1)NC(=O)C(N)CC(N)=O. The molecule has 1 rings (SSSR count). The summed E-state index contributed by atoms with van der Waals surface area (Å²) in [6.45, 7) is 1.89. The first-order valence-electron chi connectivity index (χ1n) is 5.97. The number of carbonyl (C=O) groups is 2. The van der Waals surface area contributed by atoms with E-state index in [9.17, 15) is 9.59 Å². The monoisotopic (exact) mass is 327 g/mol. The Balaban J connectivity index is 2.46. The van der Waals surface area contributed by atoms with Gasteiger partial charge in [0.1, 0.15) is 0 Å². The first kappa shape index (κ1) is 15.7. The third-order valence-electron chi connectivity index (χ3n) is 2.60. The van der Waals surface area contributed by atoms with Crippen LogP contribution in [0.2, 0.25) is 0 Å². The van der Waals surface area contributed by atoms with Crippen molar-refractivity contribution in [1.29, 1.82) is 0 Å². The number of hydrogen-bond donors (Lipinski definition) is 3. The Morgan fingerprint density at radius 1 is 1.32 bits per heavy atom. The highest BCUT2D eigenvalue weighted by Gasteiger charge is 2.17. The van der Waals surface area contributed by atoms with Gasteiger partial charge in [-0.15, -0.1) is 0 Å². The lowest BCUT2D eigenvalue weighted by molar-refractivity contribution is -0.126. The summed E-state index contributed by atoms with van der Waals surface area (Å²) in [6.07, 6.45) is 0.555. The number of hydrogen-bond acceptors (Lipinski definition) is 3. The summed E-state index contributed by atoms with van der Waals surface area (Å²) in [5.41, 5.74) is 11.7. The molecule has 0 aromatic heterocycles. The predicted octanol–water partition coefficient (Wildman–Crippen LogP) is 0.699. The van der Waals surface area contributed by atoms with Gasteiger partial charge in [0, 0.05) is 10.5 Å². The molecule has 1 aromatic carbocycles. The molecule has 2 unspecified atom stereocenters. The number of amides is 2. The van der Waals surface area contributed by atoms with E-state index in [1.165, 1.54) is 0 Å². The van der Waals surface area contributed by atoms with E-state index in [0.717, 1.165) is 10.0 Å². The molecule has 2 amide bonds. The topological polar surface area (TPSA) is 98.2 Å². The fourth-order valence-corrected chi connectivity index (χ4v) is 1.95. The molecule has 19 heavy (non-hydrogen) atoms. The Morgan fingerprint density at radius 3 is 2.42 bits per heavy atom. The lowest BCUT2D eigenvalue weighted by Gasteiger charge is -2.17. The van der Waals surface area contributed by atoms with Gasteiger partial charge >= 0.3 is 0 Å². The first-order valence-corrected chi connectivity index (χ1v) is 6.76. The van der Waals surface area contributed by atoms with Crippen molar-refractivity contribution in [3.8, 4) is 0 Å². The second-order valence-corrected chi connectivity index (χ2v) is 5.43. The molecule has 5 nitrogen and oxygen atoms in total. The van der Waals surface area contributed by atoms with Crippen LogP contribution in [0.4, 0.5) is 0 Å². The zero-order valence-corrected chi connectivity index (χ0v) is 12.3. The van der Waals surface area contributed by atoms with Crippen LogP contribution in [-0.4, -0.2) is 23.9 Å². The molecule has 0 saturated carbocycles. The minimum atomic E-state index is -0.884. The van der Waals surface area contributed by atoms with Crippen LogP contribution in [0.3, 0.4) is 0 Å². The third-order valence-corrected chi connectivity index (χ3v) is 3.13. The molecular weight excluding hydrogens is 310 g/mol. The summed E-state index contributed by atoms with van der Waals surface area (Å²) in [5, 5.41) is 2.76. The van der Waals surface area contributed by atoms with E-state index in [1.807, 2.05) is 31.2 Å². The van der Waals surface area contributed by atoms with Gasteiger partial charge in [-0.3, -0.25) is 9.59 Å². The van der Waals surface area contributed by atoms with Crippen LogP contribution in [0.5, 0.6) is 0 Å². The predicted molar refractivity (Wildman–Crippen MR) is 77.2 cm³/mol. The van der Waals surface area contributed by atoms with E-state index in [0.29, 0.717) is 6.42 Å². The second-order valence-electron chi connectivity index (χ2n) is 4.52. The van der Waals surface area contributed by atoms with Gasteiger partial charge in [-0.25, -0.2) is 0 Å². The Morgan fingerprint density at radius 2 is 1.89 bits per heavy atom. The van der Waals surface area contributed by atoms with Gasteiger partial charge in [0.25, 0.3) is 0 Å². The highest BCUT2D eigenvalue weighted by atomic mass is 79.9. The van der Waals surface area contributed by atoms with Crippen molar-refractivity contribution >= 4 is 27.7 Å². The normalized spacial score (nSPS) is 13.6. The minimum absolute atomic E-state index is 0.0624. The van der Waals surface area contributed by atoms with E-state index >= 15 is 0 Å². The van der Waals surface area contributed by atoms with E-state index in [1.54, 1.807) is 0 Å². The van der Waals surface area contributed by atoms with Gasteiger partial charge in [0.15, 0.2) is 0 Å². The van der Waals surface area contributed by atoms with Crippen LogP contribution < -0.4 is 16.8 Å². The molecule has 0 aliphatic carbocycles. The van der Waals surface area contributed by atoms with E-state index < -0.39 is 11.9 Å². The molecule has 0 spiro atoms. The molecular formula is C13H18BrN3O2. The average Bonchev–Trinajstić information content (AvgIpc) is 2.31. The van der Waals surface area contributed by atoms with E-state index in [4.69, 9.17) is 11.5 Å². The number of primary amides is 1. The van der Waals surface area contributed by atoms with Gasteiger partial charge < -0.3 is 16.8 Å². The molecule has 0 bridgehead atoms. The molecule has 2 atom stereocenters. The molecule has 6 heteroatoms. The summed E-state index contributed by atoms with van der Waals surface area (Å²) >= 11 is 3.36. The van der Waals surface area contributed by atoms with Crippen LogP contribution in [0.25, 0.3) is 0 Å². The summed E-state index contributed by atoms with van der Waals surface area (Å²) in [6, 6.07) is 6.91.